The van der Waals surface area contributed by atoms with Crippen LogP contribution in [0.4, 0.5) is 5.69 Å². The fourth-order valence-electron chi connectivity index (χ4n) is 3.91. The van der Waals surface area contributed by atoms with E-state index in [-0.39, 0.29) is 10.8 Å². The van der Waals surface area contributed by atoms with Gasteiger partial charge in [-0.1, -0.05) is 25.5 Å². The monoisotopic (exact) mass is 440 g/mol. The van der Waals surface area contributed by atoms with Crippen LogP contribution >= 0.6 is 0 Å². The molecule has 7 nitrogen and oxygen atoms in total. The van der Waals surface area contributed by atoms with Crippen LogP contribution in [-0.2, 0) is 27.8 Å². The normalized spacial score (nSPS) is 15.3. The average molecular weight is 441 g/mol. The number of amides is 1. The number of fused-ring (bicyclic) bond motifs is 1. The van der Waals surface area contributed by atoms with Crippen molar-refractivity contribution in [1.82, 2.24) is 13.9 Å². The van der Waals surface area contributed by atoms with Gasteiger partial charge >= 0.3 is 0 Å². The Morgan fingerprint density at radius 2 is 1.81 bits per heavy atom. The van der Waals surface area contributed by atoms with Crippen molar-refractivity contribution < 1.29 is 13.2 Å². The van der Waals surface area contributed by atoms with Crippen LogP contribution < -0.4 is 5.32 Å². The van der Waals surface area contributed by atoms with Crippen molar-refractivity contribution in [2.24, 2.45) is 0 Å². The van der Waals surface area contributed by atoms with Crippen LogP contribution in [0.15, 0.2) is 53.7 Å². The Hall–Kier alpha value is -2.71. The van der Waals surface area contributed by atoms with Crippen molar-refractivity contribution in [2.75, 3.05) is 18.4 Å². The summed E-state index contributed by atoms with van der Waals surface area (Å²) in [6, 6.07) is 12.9. The largest absolute Gasteiger partial charge is 0.330 e. The molecule has 1 amide bonds. The van der Waals surface area contributed by atoms with Gasteiger partial charge in [0, 0.05) is 31.7 Å². The van der Waals surface area contributed by atoms with Gasteiger partial charge in [-0.2, -0.15) is 4.31 Å². The van der Waals surface area contributed by atoms with E-state index in [1.165, 1.54) is 5.56 Å². The number of imidazole rings is 1. The van der Waals surface area contributed by atoms with E-state index in [1.54, 1.807) is 28.8 Å². The molecule has 2 aromatic carbocycles. The summed E-state index contributed by atoms with van der Waals surface area (Å²) in [7, 11) is -3.49. The third-order valence-corrected chi connectivity index (χ3v) is 7.67. The number of benzene rings is 2. The summed E-state index contributed by atoms with van der Waals surface area (Å²) in [6.45, 7) is 3.71. The zero-order valence-corrected chi connectivity index (χ0v) is 18.6. The van der Waals surface area contributed by atoms with Crippen molar-refractivity contribution >= 4 is 32.7 Å². The van der Waals surface area contributed by atoms with Gasteiger partial charge in [-0.25, -0.2) is 13.4 Å². The number of rotatable bonds is 7. The lowest BCUT2D eigenvalue weighted by Gasteiger charge is -2.25. The van der Waals surface area contributed by atoms with Crippen LogP contribution in [0.25, 0.3) is 11.0 Å². The van der Waals surface area contributed by atoms with E-state index in [9.17, 15) is 13.2 Å². The summed E-state index contributed by atoms with van der Waals surface area (Å²) in [6.07, 6.45) is 5.80. The number of nitrogens with one attached hydrogen (secondary N) is 1. The van der Waals surface area contributed by atoms with Crippen LogP contribution in [-0.4, -0.2) is 41.3 Å². The molecular weight excluding hydrogens is 412 g/mol. The summed E-state index contributed by atoms with van der Waals surface area (Å²) < 4.78 is 29.3. The second-order valence-electron chi connectivity index (χ2n) is 7.90. The highest BCUT2D eigenvalue weighted by atomic mass is 32.2. The van der Waals surface area contributed by atoms with Gasteiger partial charge in [0.05, 0.1) is 22.3 Å². The van der Waals surface area contributed by atoms with Gasteiger partial charge in [0.2, 0.25) is 15.9 Å². The Morgan fingerprint density at radius 1 is 1.06 bits per heavy atom. The molecule has 0 spiro atoms. The number of anilines is 1. The lowest BCUT2D eigenvalue weighted by Crippen LogP contribution is -2.35. The first-order chi connectivity index (χ1) is 15.0. The first-order valence-corrected chi connectivity index (χ1v) is 12.3. The lowest BCUT2D eigenvalue weighted by molar-refractivity contribution is -0.116. The molecular formula is C23H28N4O3S. The topological polar surface area (TPSA) is 84.3 Å². The smallest absolute Gasteiger partial charge is 0.243 e. The minimum Gasteiger partial charge on any atom is -0.330 e. The molecule has 0 atom stereocenters. The van der Waals surface area contributed by atoms with Gasteiger partial charge in [-0.3, -0.25) is 4.79 Å². The van der Waals surface area contributed by atoms with Gasteiger partial charge < -0.3 is 9.88 Å². The second kappa shape index (κ2) is 9.20. The number of carbonyl (C=O) groups excluding carboxylic acids is 1. The highest BCUT2D eigenvalue weighted by Gasteiger charge is 2.26. The second-order valence-corrected chi connectivity index (χ2v) is 9.84. The molecule has 1 saturated heterocycles. The Kier molecular flexibility index (Phi) is 6.38. The Morgan fingerprint density at radius 3 is 2.52 bits per heavy atom. The van der Waals surface area contributed by atoms with Crippen molar-refractivity contribution in [3.63, 3.8) is 0 Å². The molecule has 1 fully saturated rings. The summed E-state index contributed by atoms with van der Waals surface area (Å²) in [5.74, 6) is -0.0737. The van der Waals surface area contributed by atoms with Gasteiger partial charge in [-0.05, 0) is 55.2 Å². The molecule has 8 heteroatoms. The number of hydrogen-bond donors (Lipinski definition) is 1. The van der Waals surface area contributed by atoms with E-state index in [1.807, 2.05) is 28.8 Å². The average Bonchev–Trinajstić information content (AvgIpc) is 3.21. The fraction of sp³-hybridized carbons (Fsp3) is 0.391. The molecule has 1 aromatic heterocycles. The molecule has 2 heterocycles. The van der Waals surface area contributed by atoms with Gasteiger partial charge in [-0.15, -0.1) is 0 Å². The van der Waals surface area contributed by atoms with E-state index in [4.69, 9.17) is 0 Å². The zero-order chi connectivity index (χ0) is 21.8. The first-order valence-electron chi connectivity index (χ1n) is 10.8. The number of piperidine rings is 1. The minimum atomic E-state index is -3.49. The van der Waals surface area contributed by atoms with E-state index in [0.717, 1.165) is 36.9 Å². The van der Waals surface area contributed by atoms with Crippen LogP contribution in [0.2, 0.25) is 0 Å². The predicted molar refractivity (Wildman–Crippen MR) is 121 cm³/mol. The number of carbonyl (C=O) groups is 1. The van der Waals surface area contributed by atoms with Crippen molar-refractivity contribution in [1.29, 1.82) is 0 Å². The number of hydrogen-bond acceptors (Lipinski definition) is 4. The number of nitrogens with zero attached hydrogens (tertiary/aromatic N) is 3. The summed E-state index contributed by atoms with van der Waals surface area (Å²) in [4.78, 5) is 17.0. The molecule has 164 valence electrons. The molecule has 0 bridgehead atoms. The molecule has 3 aromatic rings. The maximum atomic E-state index is 12.9. The van der Waals surface area contributed by atoms with Gasteiger partial charge in [0.25, 0.3) is 0 Å². The maximum absolute atomic E-state index is 12.9. The standard InChI is InChI=1S/C23H28N4O3S/c1-2-18-6-8-19(9-7-18)25-23(28)12-15-26-17-24-21-16-20(10-11-22(21)26)31(29,30)27-13-4-3-5-14-27/h6-11,16-17H,2-5,12-15H2,1H3,(H,25,28). The predicted octanol–water partition coefficient (Wildman–Crippen LogP) is 3.80. The highest BCUT2D eigenvalue weighted by Crippen LogP contribution is 2.24. The van der Waals surface area contributed by atoms with Crippen LogP contribution in [0.1, 0.15) is 38.2 Å². The molecule has 0 unspecified atom stereocenters. The van der Waals surface area contributed by atoms with Crippen molar-refractivity contribution in [3.05, 3.63) is 54.4 Å². The summed E-state index contributed by atoms with van der Waals surface area (Å²) in [5, 5.41) is 2.91. The van der Waals surface area contributed by atoms with Gasteiger partial charge in [0.1, 0.15) is 0 Å². The molecule has 31 heavy (non-hydrogen) atoms. The zero-order valence-electron chi connectivity index (χ0n) is 17.8. The number of aryl methyl sites for hydroxylation is 2. The molecule has 1 aliphatic rings. The Balaban J connectivity index is 1.42. The molecule has 0 saturated carbocycles. The fourth-order valence-corrected chi connectivity index (χ4v) is 5.44. The number of sulfonamides is 1. The summed E-state index contributed by atoms with van der Waals surface area (Å²) in [5.41, 5.74) is 3.45. The van der Waals surface area contributed by atoms with Gasteiger partial charge in [0.15, 0.2) is 0 Å². The van der Waals surface area contributed by atoms with Crippen LogP contribution in [0.3, 0.4) is 0 Å². The molecule has 0 radical (unpaired) electrons. The Labute approximate surface area is 183 Å². The molecule has 1 N–H and O–H groups in total. The maximum Gasteiger partial charge on any atom is 0.243 e. The van der Waals surface area contributed by atoms with Crippen molar-refractivity contribution in [2.45, 2.75) is 50.5 Å². The van der Waals surface area contributed by atoms with Crippen molar-refractivity contribution in [3.8, 4) is 0 Å². The number of aromatic nitrogens is 2. The quantitative estimate of drug-likeness (QED) is 0.606. The van der Waals surface area contributed by atoms with E-state index in [2.05, 4.69) is 17.2 Å². The van der Waals surface area contributed by atoms with E-state index < -0.39 is 10.0 Å². The molecule has 0 aliphatic carbocycles. The summed E-state index contributed by atoms with van der Waals surface area (Å²) >= 11 is 0. The molecule has 4 rings (SSSR count). The SMILES string of the molecule is CCc1ccc(NC(=O)CCn2cnc3cc(S(=O)(=O)N4CCCCC4)ccc32)cc1. The molecule has 1 aliphatic heterocycles. The van der Waals surface area contributed by atoms with E-state index in [0.29, 0.717) is 31.6 Å². The Bertz CT molecular complexity index is 1160. The van der Waals surface area contributed by atoms with Crippen LogP contribution in [0.5, 0.6) is 0 Å². The van der Waals surface area contributed by atoms with E-state index >= 15 is 0 Å². The minimum absolute atomic E-state index is 0.0737. The highest BCUT2D eigenvalue weighted by molar-refractivity contribution is 7.89. The third-order valence-electron chi connectivity index (χ3n) is 5.77. The van der Waals surface area contributed by atoms with Crippen LogP contribution in [0, 0.1) is 0 Å². The lowest BCUT2D eigenvalue weighted by atomic mass is 10.1. The first kappa shape index (κ1) is 21.5. The third kappa shape index (κ3) is 4.80.